The Labute approximate surface area is 175 Å². The quantitative estimate of drug-likeness (QED) is 0.576. The number of para-hydroxylation sites is 1. The Hall–Kier alpha value is -2.68. The second-order valence-electron chi connectivity index (χ2n) is 6.77. The number of anilines is 1. The van der Waals surface area contributed by atoms with Crippen LogP contribution in [0.4, 0.5) is 14.5 Å². The van der Waals surface area contributed by atoms with Crippen LogP contribution in [0.1, 0.15) is 25.8 Å². The van der Waals surface area contributed by atoms with E-state index in [1.165, 1.54) is 6.92 Å². The molecule has 1 N–H and O–H groups in total. The summed E-state index contributed by atoms with van der Waals surface area (Å²) in [5.41, 5.74) is 0.894. The van der Waals surface area contributed by atoms with Crippen LogP contribution >= 0.6 is 0 Å². The van der Waals surface area contributed by atoms with Crippen LogP contribution in [0.3, 0.4) is 0 Å². The largest absolute Gasteiger partial charge is 0.494 e. The molecule has 0 aliphatic rings. The molecule has 0 spiro atoms. The van der Waals surface area contributed by atoms with Crippen LogP contribution in [0.15, 0.2) is 42.5 Å². The first-order chi connectivity index (χ1) is 14.1. The van der Waals surface area contributed by atoms with E-state index in [1.807, 2.05) is 31.2 Å². The minimum Gasteiger partial charge on any atom is -0.494 e. The van der Waals surface area contributed by atoms with Crippen molar-refractivity contribution in [3.63, 3.8) is 0 Å². The van der Waals surface area contributed by atoms with Crippen LogP contribution in [0.2, 0.25) is 0 Å². The van der Waals surface area contributed by atoms with E-state index < -0.39 is 33.6 Å². The van der Waals surface area contributed by atoms with E-state index in [1.54, 1.807) is 0 Å². The van der Waals surface area contributed by atoms with Gasteiger partial charge in [-0.25, -0.2) is 17.2 Å². The first-order valence-corrected chi connectivity index (χ1v) is 11.4. The van der Waals surface area contributed by atoms with Gasteiger partial charge < -0.3 is 10.1 Å². The van der Waals surface area contributed by atoms with Gasteiger partial charge in [-0.05, 0) is 50.5 Å². The van der Waals surface area contributed by atoms with E-state index in [-0.39, 0.29) is 5.69 Å². The minimum atomic E-state index is -3.91. The lowest BCUT2D eigenvalue weighted by Gasteiger charge is -2.28. The third kappa shape index (κ3) is 6.16. The Morgan fingerprint density at radius 1 is 1.17 bits per heavy atom. The van der Waals surface area contributed by atoms with Crippen LogP contribution in [-0.2, 0) is 21.2 Å². The van der Waals surface area contributed by atoms with Gasteiger partial charge in [0.2, 0.25) is 15.9 Å². The van der Waals surface area contributed by atoms with Crippen molar-refractivity contribution in [2.75, 3.05) is 23.7 Å². The van der Waals surface area contributed by atoms with E-state index in [0.717, 1.165) is 40.1 Å². The maximum absolute atomic E-state index is 13.6. The van der Waals surface area contributed by atoms with E-state index in [2.05, 4.69) is 5.32 Å². The van der Waals surface area contributed by atoms with Crippen molar-refractivity contribution in [1.29, 1.82) is 0 Å². The van der Waals surface area contributed by atoms with Crippen molar-refractivity contribution in [1.82, 2.24) is 5.32 Å². The molecule has 0 aliphatic heterocycles. The summed E-state index contributed by atoms with van der Waals surface area (Å²) in [7, 11) is -3.91. The summed E-state index contributed by atoms with van der Waals surface area (Å²) in [6, 6.07) is 9.18. The monoisotopic (exact) mass is 440 g/mol. The molecule has 2 aromatic rings. The van der Waals surface area contributed by atoms with Crippen molar-refractivity contribution < 1.29 is 26.7 Å². The van der Waals surface area contributed by atoms with Gasteiger partial charge in [-0.15, -0.1) is 0 Å². The number of benzene rings is 2. The number of halogens is 2. The van der Waals surface area contributed by atoms with Crippen molar-refractivity contribution in [2.24, 2.45) is 0 Å². The highest BCUT2D eigenvalue weighted by Crippen LogP contribution is 2.23. The zero-order chi connectivity index (χ0) is 22.3. The fraction of sp³-hybridized carbons (Fsp3) is 0.381. The standard InChI is InChI=1S/C21H26F2N2O4S/c1-4-29-20-10-6-5-8-16(20)9-7-13-24-21(26)15(2)25(30(3,27)28)17-11-12-18(22)19(23)14-17/h5-6,8,10-12,14-15H,4,7,9,13H2,1-3H3,(H,24,26)/t15-/m0/s1. The van der Waals surface area contributed by atoms with Crippen LogP contribution in [0, 0.1) is 11.6 Å². The van der Waals surface area contributed by atoms with E-state index in [0.29, 0.717) is 26.0 Å². The Morgan fingerprint density at radius 3 is 2.50 bits per heavy atom. The van der Waals surface area contributed by atoms with Gasteiger partial charge in [-0.1, -0.05) is 18.2 Å². The number of carbonyl (C=O) groups is 1. The molecule has 0 aromatic heterocycles. The smallest absolute Gasteiger partial charge is 0.243 e. The minimum absolute atomic E-state index is 0.121. The van der Waals surface area contributed by atoms with E-state index in [9.17, 15) is 22.0 Å². The average molecular weight is 441 g/mol. The summed E-state index contributed by atoms with van der Waals surface area (Å²) in [6.07, 6.45) is 2.19. The number of nitrogens with zero attached hydrogens (tertiary/aromatic N) is 1. The maximum atomic E-state index is 13.6. The molecule has 6 nitrogen and oxygen atoms in total. The predicted octanol–water partition coefficient (Wildman–Crippen LogP) is 3.27. The van der Waals surface area contributed by atoms with Crippen LogP contribution in [0.25, 0.3) is 0 Å². The van der Waals surface area contributed by atoms with Gasteiger partial charge in [0.05, 0.1) is 18.6 Å². The molecule has 0 unspecified atom stereocenters. The van der Waals surface area contributed by atoms with Gasteiger partial charge >= 0.3 is 0 Å². The summed E-state index contributed by atoms with van der Waals surface area (Å²) >= 11 is 0. The average Bonchev–Trinajstić information content (AvgIpc) is 2.68. The lowest BCUT2D eigenvalue weighted by molar-refractivity contribution is -0.121. The van der Waals surface area contributed by atoms with Crippen LogP contribution in [0.5, 0.6) is 5.75 Å². The fourth-order valence-corrected chi connectivity index (χ4v) is 4.24. The number of carbonyl (C=O) groups excluding carboxylic acids is 1. The van der Waals surface area contributed by atoms with Crippen LogP contribution in [-0.4, -0.2) is 39.8 Å². The first kappa shape index (κ1) is 23.6. The van der Waals surface area contributed by atoms with Gasteiger partial charge in [-0.3, -0.25) is 9.10 Å². The predicted molar refractivity (Wildman–Crippen MR) is 112 cm³/mol. The molecule has 0 fully saturated rings. The van der Waals surface area contributed by atoms with E-state index in [4.69, 9.17) is 4.74 Å². The number of hydrogen-bond donors (Lipinski definition) is 1. The molecular formula is C21H26F2N2O4S. The van der Waals surface area contributed by atoms with Gasteiger partial charge in [-0.2, -0.15) is 0 Å². The molecule has 2 aromatic carbocycles. The molecule has 0 saturated heterocycles. The highest BCUT2D eigenvalue weighted by molar-refractivity contribution is 7.92. The topological polar surface area (TPSA) is 75.7 Å². The zero-order valence-electron chi connectivity index (χ0n) is 17.2. The summed E-state index contributed by atoms with van der Waals surface area (Å²) in [5.74, 6) is -2.04. The van der Waals surface area contributed by atoms with Crippen molar-refractivity contribution in [3.05, 3.63) is 59.7 Å². The Morgan fingerprint density at radius 2 is 1.87 bits per heavy atom. The summed E-state index contributed by atoms with van der Waals surface area (Å²) in [4.78, 5) is 12.5. The second-order valence-corrected chi connectivity index (χ2v) is 8.63. The fourth-order valence-electron chi connectivity index (χ4n) is 3.08. The van der Waals surface area contributed by atoms with Gasteiger partial charge in [0.15, 0.2) is 11.6 Å². The Balaban J connectivity index is 2.01. The second kappa shape index (κ2) is 10.4. The summed E-state index contributed by atoms with van der Waals surface area (Å²) in [5, 5.41) is 2.70. The SMILES string of the molecule is CCOc1ccccc1CCCNC(=O)[C@H](C)N(c1ccc(F)c(F)c1)S(C)(=O)=O. The third-order valence-electron chi connectivity index (χ3n) is 4.44. The Bertz CT molecular complexity index is 983. The lowest BCUT2D eigenvalue weighted by Crippen LogP contribution is -2.48. The molecule has 0 heterocycles. The van der Waals surface area contributed by atoms with Crippen LogP contribution < -0.4 is 14.4 Å². The number of rotatable bonds is 10. The molecule has 30 heavy (non-hydrogen) atoms. The van der Waals surface area contributed by atoms with Crippen molar-refractivity contribution in [3.8, 4) is 5.75 Å². The number of nitrogens with one attached hydrogen (secondary N) is 1. The maximum Gasteiger partial charge on any atom is 0.243 e. The third-order valence-corrected chi connectivity index (χ3v) is 5.68. The summed E-state index contributed by atoms with van der Waals surface area (Å²) in [6.45, 7) is 4.16. The van der Waals surface area contributed by atoms with Gasteiger partial charge in [0.1, 0.15) is 11.8 Å². The zero-order valence-corrected chi connectivity index (χ0v) is 18.0. The molecule has 0 aliphatic carbocycles. The molecule has 2 rings (SSSR count). The number of aryl methyl sites for hydroxylation is 1. The molecule has 0 saturated carbocycles. The number of hydrogen-bond acceptors (Lipinski definition) is 4. The van der Waals surface area contributed by atoms with Crippen molar-refractivity contribution in [2.45, 2.75) is 32.7 Å². The van der Waals surface area contributed by atoms with Gasteiger partial charge in [0, 0.05) is 12.6 Å². The Kier molecular flexibility index (Phi) is 8.16. The van der Waals surface area contributed by atoms with E-state index >= 15 is 0 Å². The highest BCUT2D eigenvalue weighted by Gasteiger charge is 2.29. The normalized spacial score (nSPS) is 12.3. The lowest BCUT2D eigenvalue weighted by atomic mass is 10.1. The summed E-state index contributed by atoms with van der Waals surface area (Å²) < 4.78 is 57.5. The number of ether oxygens (including phenoxy) is 1. The highest BCUT2D eigenvalue weighted by atomic mass is 32.2. The molecular weight excluding hydrogens is 414 g/mol. The van der Waals surface area contributed by atoms with Crippen molar-refractivity contribution >= 4 is 21.6 Å². The molecule has 164 valence electrons. The number of sulfonamides is 1. The molecule has 1 amide bonds. The molecule has 9 heteroatoms. The molecule has 1 atom stereocenters. The molecule has 0 radical (unpaired) electrons. The first-order valence-electron chi connectivity index (χ1n) is 9.58. The molecule has 0 bridgehead atoms. The number of amides is 1. The van der Waals surface area contributed by atoms with Gasteiger partial charge in [0.25, 0.3) is 0 Å².